The van der Waals surface area contributed by atoms with Crippen LogP contribution in [0.15, 0.2) is 60.7 Å². The van der Waals surface area contributed by atoms with Crippen molar-refractivity contribution < 1.29 is 24.0 Å². The largest absolute Gasteiger partial charge is 0.497 e. The standard InChI is InChI=1S/C26H27N3O6/c1-28(2)22-11-9-18(16-23(22)29(32)33)25(30)20-7-5-6-8-21(20)26(31)27-14-13-17-15-19(34-3)10-12-24(17)35-4/h5-12,15-16H,13-14H2,1-4H3,(H,27,31). The van der Waals surface area contributed by atoms with E-state index in [0.29, 0.717) is 30.2 Å². The van der Waals surface area contributed by atoms with Crippen LogP contribution in [0.1, 0.15) is 31.8 Å². The van der Waals surface area contributed by atoms with Crippen molar-refractivity contribution in [1.82, 2.24) is 5.32 Å². The fourth-order valence-corrected chi connectivity index (χ4v) is 3.71. The third kappa shape index (κ3) is 5.75. The van der Waals surface area contributed by atoms with Gasteiger partial charge in [-0.3, -0.25) is 19.7 Å². The first-order valence-corrected chi connectivity index (χ1v) is 10.9. The molecule has 35 heavy (non-hydrogen) atoms. The summed E-state index contributed by atoms with van der Waals surface area (Å²) < 4.78 is 10.6. The summed E-state index contributed by atoms with van der Waals surface area (Å²) in [5.74, 6) is 0.463. The number of hydrogen-bond acceptors (Lipinski definition) is 7. The number of amides is 1. The molecule has 0 bridgehead atoms. The van der Waals surface area contributed by atoms with Gasteiger partial charge < -0.3 is 19.7 Å². The van der Waals surface area contributed by atoms with Crippen molar-refractivity contribution in [2.24, 2.45) is 0 Å². The van der Waals surface area contributed by atoms with Crippen LogP contribution >= 0.6 is 0 Å². The summed E-state index contributed by atoms with van der Waals surface area (Å²) >= 11 is 0. The number of carbonyl (C=O) groups is 2. The van der Waals surface area contributed by atoms with E-state index in [0.717, 1.165) is 5.56 Å². The summed E-state index contributed by atoms with van der Waals surface area (Å²) in [7, 11) is 6.51. The normalized spacial score (nSPS) is 10.4. The molecule has 0 aromatic heterocycles. The lowest BCUT2D eigenvalue weighted by atomic mass is 9.97. The Labute approximate surface area is 203 Å². The quantitative estimate of drug-likeness (QED) is 0.268. The van der Waals surface area contributed by atoms with Crippen LogP contribution in [0.4, 0.5) is 11.4 Å². The van der Waals surface area contributed by atoms with E-state index in [1.807, 2.05) is 6.07 Å². The Morgan fingerprint density at radius 3 is 2.31 bits per heavy atom. The van der Waals surface area contributed by atoms with Crippen molar-refractivity contribution in [3.05, 3.63) is 93.0 Å². The van der Waals surface area contributed by atoms with Crippen LogP contribution in [0, 0.1) is 10.1 Å². The summed E-state index contributed by atoms with van der Waals surface area (Å²) in [6.07, 6.45) is 0.487. The van der Waals surface area contributed by atoms with Gasteiger partial charge in [0, 0.05) is 37.8 Å². The van der Waals surface area contributed by atoms with E-state index in [1.165, 1.54) is 24.3 Å². The molecular weight excluding hydrogens is 450 g/mol. The van der Waals surface area contributed by atoms with Gasteiger partial charge in [-0.15, -0.1) is 0 Å². The van der Waals surface area contributed by atoms with Crippen LogP contribution in [-0.2, 0) is 6.42 Å². The minimum atomic E-state index is -0.530. The van der Waals surface area contributed by atoms with Crippen LogP contribution in [0.25, 0.3) is 0 Å². The lowest BCUT2D eigenvalue weighted by molar-refractivity contribution is -0.384. The van der Waals surface area contributed by atoms with Crippen molar-refractivity contribution in [2.75, 3.05) is 39.8 Å². The Morgan fingerprint density at radius 2 is 1.69 bits per heavy atom. The second kappa shape index (κ2) is 11.1. The molecule has 9 nitrogen and oxygen atoms in total. The molecule has 0 spiro atoms. The molecule has 0 fully saturated rings. The summed E-state index contributed by atoms with van der Waals surface area (Å²) in [6, 6.07) is 16.1. The molecule has 9 heteroatoms. The van der Waals surface area contributed by atoms with Crippen molar-refractivity contribution in [3.63, 3.8) is 0 Å². The second-order valence-corrected chi connectivity index (χ2v) is 7.91. The number of nitrogens with zero attached hydrogens (tertiary/aromatic N) is 2. The zero-order chi connectivity index (χ0) is 25.5. The monoisotopic (exact) mass is 477 g/mol. The number of benzene rings is 3. The Kier molecular flexibility index (Phi) is 8.04. The number of rotatable bonds is 10. The molecule has 0 atom stereocenters. The zero-order valence-electron chi connectivity index (χ0n) is 20.0. The molecule has 0 aliphatic heterocycles. The second-order valence-electron chi connectivity index (χ2n) is 7.91. The Hall–Kier alpha value is -4.40. The summed E-state index contributed by atoms with van der Waals surface area (Å²) in [5.41, 5.74) is 1.54. The van der Waals surface area contributed by atoms with Crippen molar-refractivity contribution in [2.45, 2.75) is 6.42 Å². The van der Waals surface area contributed by atoms with Gasteiger partial charge in [-0.1, -0.05) is 18.2 Å². The van der Waals surface area contributed by atoms with Crippen LogP contribution in [0.3, 0.4) is 0 Å². The molecule has 0 aliphatic rings. The summed E-state index contributed by atoms with van der Waals surface area (Å²) in [5, 5.41) is 14.4. The number of nitro benzene ring substituents is 1. The highest BCUT2D eigenvalue weighted by Gasteiger charge is 2.22. The van der Waals surface area contributed by atoms with Gasteiger partial charge >= 0.3 is 0 Å². The van der Waals surface area contributed by atoms with Gasteiger partial charge in [0.15, 0.2) is 5.78 Å². The number of carbonyl (C=O) groups excluding carboxylic acids is 2. The predicted molar refractivity (Wildman–Crippen MR) is 133 cm³/mol. The van der Waals surface area contributed by atoms with Gasteiger partial charge in [-0.25, -0.2) is 0 Å². The lowest BCUT2D eigenvalue weighted by Gasteiger charge is -2.14. The number of anilines is 1. The van der Waals surface area contributed by atoms with E-state index < -0.39 is 16.6 Å². The van der Waals surface area contributed by atoms with Crippen molar-refractivity contribution >= 4 is 23.1 Å². The van der Waals surface area contributed by atoms with Crippen LogP contribution in [-0.4, -0.2) is 51.5 Å². The van der Waals surface area contributed by atoms with E-state index in [9.17, 15) is 19.7 Å². The average molecular weight is 478 g/mol. The maximum absolute atomic E-state index is 13.2. The number of hydrogen-bond donors (Lipinski definition) is 1. The molecule has 3 aromatic rings. The predicted octanol–water partition coefficient (Wildman–Crippen LogP) is 3.88. The first-order chi connectivity index (χ1) is 16.8. The first-order valence-electron chi connectivity index (χ1n) is 10.9. The fraction of sp³-hybridized carbons (Fsp3) is 0.231. The maximum Gasteiger partial charge on any atom is 0.293 e. The fourth-order valence-electron chi connectivity index (χ4n) is 3.71. The first kappa shape index (κ1) is 25.2. The third-order valence-electron chi connectivity index (χ3n) is 5.50. The van der Waals surface area contributed by atoms with Gasteiger partial charge in [0.05, 0.1) is 24.7 Å². The number of methoxy groups -OCH3 is 2. The molecule has 0 radical (unpaired) electrons. The van der Waals surface area contributed by atoms with Gasteiger partial charge in [0.2, 0.25) is 0 Å². The SMILES string of the molecule is COc1ccc(OC)c(CCNC(=O)c2ccccc2C(=O)c2ccc(N(C)C)c([N+](=O)[O-])c2)c1. The number of nitrogens with one attached hydrogen (secondary N) is 1. The van der Waals surface area contributed by atoms with Crippen molar-refractivity contribution in [1.29, 1.82) is 0 Å². The Bertz CT molecular complexity index is 1260. The molecule has 0 heterocycles. The van der Waals surface area contributed by atoms with Gasteiger partial charge in [0.25, 0.3) is 11.6 Å². The average Bonchev–Trinajstić information content (AvgIpc) is 2.87. The maximum atomic E-state index is 13.2. The molecule has 1 N–H and O–H groups in total. The molecular formula is C26H27N3O6. The van der Waals surface area contributed by atoms with Gasteiger partial charge in [-0.2, -0.15) is 0 Å². The highest BCUT2D eigenvalue weighted by Crippen LogP contribution is 2.29. The zero-order valence-corrected chi connectivity index (χ0v) is 20.0. The molecule has 3 aromatic carbocycles. The van der Waals surface area contributed by atoms with Crippen molar-refractivity contribution in [3.8, 4) is 11.5 Å². The number of nitro groups is 1. The molecule has 0 saturated carbocycles. The minimum Gasteiger partial charge on any atom is -0.497 e. The molecule has 0 aliphatic carbocycles. The lowest BCUT2D eigenvalue weighted by Crippen LogP contribution is -2.27. The van der Waals surface area contributed by atoms with E-state index in [4.69, 9.17) is 9.47 Å². The van der Waals surface area contributed by atoms with E-state index >= 15 is 0 Å². The van der Waals surface area contributed by atoms with E-state index in [1.54, 1.807) is 63.5 Å². The molecule has 0 unspecified atom stereocenters. The summed E-state index contributed by atoms with van der Waals surface area (Å²) in [4.78, 5) is 38.8. The smallest absolute Gasteiger partial charge is 0.293 e. The molecule has 0 saturated heterocycles. The minimum absolute atomic E-state index is 0.128. The van der Waals surface area contributed by atoms with E-state index in [2.05, 4.69) is 5.32 Å². The molecule has 1 amide bonds. The highest BCUT2D eigenvalue weighted by molar-refractivity contribution is 6.15. The topological polar surface area (TPSA) is 111 Å². The van der Waals surface area contributed by atoms with Gasteiger partial charge in [-0.05, 0) is 48.4 Å². The Balaban J connectivity index is 1.80. The highest BCUT2D eigenvalue weighted by atomic mass is 16.6. The number of ether oxygens (including phenoxy) is 2. The van der Waals surface area contributed by atoms with E-state index in [-0.39, 0.29) is 22.4 Å². The Morgan fingerprint density at radius 1 is 0.971 bits per heavy atom. The van der Waals surface area contributed by atoms with Gasteiger partial charge in [0.1, 0.15) is 17.2 Å². The number of ketones is 1. The molecule has 182 valence electrons. The third-order valence-corrected chi connectivity index (χ3v) is 5.50. The van der Waals surface area contributed by atoms with Crippen LogP contribution in [0.2, 0.25) is 0 Å². The van der Waals surface area contributed by atoms with Crippen LogP contribution in [0.5, 0.6) is 11.5 Å². The molecule has 3 rings (SSSR count). The van der Waals surface area contributed by atoms with Crippen LogP contribution < -0.4 is 19.7 Å². The summed E-state index contributed by atoms with van der Waals surface area (Å²) in [6.45, 7) is 0.299.